The smallest absolute Gasteiger partial charge is 0.266 e. The van der Waals surface area contributed by atoms with E-state index in [0.29, 0.717) is 5.02 Å². The van der Waals surface area contributed by atoms with Crippen molar-refractivity contribution in [2.24, 2.45) is 5.10 Å². The number of carbonyl (C=O) groups excluding carboxylic acids is 1. The van der Waals surface area contributed by atoms with Gasteiger partial charge >= 0.3 is 6.18 Å². The van der Waals surface area contributed by atoms with Gasteiger partial charge in [-0.2, -0.15) is 18.3 Å². The summed E-state index contributed by atoms with van der Waals surface area (Å²) in [6.45, 7) is 0. The first-order valence-electron chi connectivity index (χ1n) is 7.04. The minimum absolute atomic E-state index is 0.141. The van der Waals surface area contributed by atoms with E-state index in [9.17, 15) is 18.0 Å². The zero-order valence-electron chi connectivity index (χ0n) is 12.5. The Balaban J connectivity index is 1.81. The molecule has 0 unspecified atom stereocenters. The average Bonchev–Trinajstić information content (AvgIpc) is 2.92. The summed E-state index contributed by atoms with van der Waals surface area (Å²) in [5, 5.41) is 4.66. The second-order valence-corrected chi connectivity index (χ2v) is 6.46. The Morgan fingerprint density at radius 3 is 2.52 bits per heavy atom. The Labute approximate surface area is 149 Å². The topological polar surface area (TPSA) is 41.5 Å². The molecular formula is C17H10ClF3N2OS. The van der Waals surface area contributed by atoms with Gasteiger partial charge in [0.1, 0.15) is 4.88 Å². The summed E-state index contributed by atoms with van der Waals surface area (Å²) in [5.41, 5.74) is 1.25. The second-order valence-electron chi connectivity index (χ2n) is 5.03. The van der Waals surface area contributed by atoms with Crippen LogP contribution in [0, 0.1) is 0 Å². The van der Waals surface area contributed by atoms with Gasteiger partial charge in [-0.15, -0.1) is 11.3 Å². The molecule has 0 aliphatic carbocycles. The van der Waals surface area contributed by atoms with E-state index < -0.39 is 17.6 Å². The lowest BCUT2D eigenvalue weighted by molar-refractivity contribution is -0.137. The molecule has 3 nitrogen and oxygen atoms in total. The van der Waals surface area contributed by atoms with E-state index in [4.69, 9.17) is 11.6 Å². The maximum Gasteiger partial charge on any atom is 0.417 e. The van der Waals surface area contributed by atoms with E-state index >= 15 is 0 Å². The zero-order valence-corrected chi connectivity index (χ0v) is 14.0. The molecule has 0 saturated heterocycles. The third-order valence-corrected chi connectivity index (χ3v) is 5.05. The highest BCUT2D eigenvalue weighted by Gasteiger charge is 2.32. The third-order valence-electron chi connectivity index (χ3n) is 3.38. The second kappa shape index (κ2) is 6.85. The molecular weight excluding hydrogens is 373 g/mol. The van der Waals surface area contributed by atoms with E-state index in [1.807, 2.05) is 12.1 Å². The van der Waals surface area contributed by atoms with Crippen molar-refractivity contribution in [2.45, 2.75) is 6.18 Å². The summed E-state index contributed by atoms with van der Waals surface area (Å²) in [7, 11) is 0. The summed E-state index contributed by atoms with van der Waals surface area (Å²) < 4.78 is 39.6. The van der Waals surface area contributed by atoms with Crippen LogP contribution in [0.1, 0.15) is 20.8 Å². The van der Waals surface area contributed by atoms with E-state index in [-0.39, 0.29) is 10.4 Å². The number of nitrogens with one attached hydrogen (secondary N) is 1. The van der Waals surface area contributed by atoms with Gasteiger partial charge in [-0.3, -0.25) is 4.79 Å². The van der Waals surface area contributed by atoms with Crippen molar-refractivity contribution >= 4 is 45.1 Å². The van der Waals surface area contributed by atoms with Gasteiger partial charge in [0, 0.05) is 15.6 Å². The number of fused-ring (bicyclic) bond motifs is 1. The summed E-state index contributed by atoms with van der Waals surface area (Å²) in [5.74, 6) is -0.577. The van der Waals surface area contributed by atoms with Gasteiger partial charge in [-0.05, 0) is 12.1 Å². The van der Waals surface area contributed by atoms with E-state index in [1.165, 1.54) is 29.5 Å². The van der Waals surface area contributed by atoms with Crippen molar-refractivity contribution < 1.29 is 18.0 Å². The Kier molecular flexibility index (Phi) is 4.78. The number of halogens is 4. The highest BCUT2D eigenvalue weighted by atomic mass is 35.5. The van der Waals surface area contributed by atoms with Crippen LogP contribution in [0.15, 0.2) is 53.6 Å². The van der Waals surface area contributed by atoms with Crippen LogP contribution in [0.5, 0.6) is 0 Å². The molecule has 0 spiro atoms. The molecule has 0 fully saturated rings. The lowest BCUT2D eigenvalue weighted by atomic mass is 10.1. The molecule has 3 aromatic rings. The molecule has 1 amide bonds. The maximum absolute atomic E-state index is 12.9. The van der Waals surface area contributed by atoms with Gasteiger partial charge in [-0.25, -0.2) is 5.43 Å². The molecule has 25 heavy (non-hydrogen) atoms. The number of hydrogen-bond acceptors (Lipinski definition) is 3. The summed E-state index contributed by atoms with van der Waals surface area (Å²) in [6.07, 6.45) is -3.54. The van der Waals surface area contributed by atoms with Crippen LogP contribution in [0.25, 0.3) is 10.1 Å². The first-order chi connectivity index (χ1) is 11.9. The van der Waals surface area contributed by atoms with Gasteiger partial charge in [0.25, 0.3) is 5.91 Å². The van der Waals surface area contributed by atoms with Crippen molar-refractivity contribution in [3.8, 4) is 0 Å². The summed E-state index contributed by atoms with van der Waals surface area (Å²) in [4.78, 5) is 12.4. The number of nitrogens with zero attached hydrogens (tertiary/aromatic N) is 1. The number of carbonyl (C=O) groups is 1. The highest BCUT2D eigenvalue weighted by molar-refractivity contribution is 7.21. The number of thiophene rings is 1. The fourth-order valence-corrected chi connectivity index (χ4v) is 3.65. The van der Waals surface area contributed by atoms with Gasteiger partial charge in [0.15, 0.2) is 0 Å². The van der Waals surface area contributed by atoms with E-state index in [0.717, 1.165) is 22.4 Å². The predicted octanol–water partition coefficient (Wildman–Crippen LogP) is 5.34. The molecule has 1 N–H and O–H groups in total. The third kappa shape index (κ3) is 3.67. The molecule has 8 heteroatoms. The van der Waals surface area contributed by atoms with Gasteiger partial charge in [0.05, 0.1) is 16.8 Å². The molecule has 1 aromatic heterocycles. The Morgan fingerprint density at radius 1 is 1.12 bits per heavy atom. The zero-order chi connectivity index (χ0) is 18.0. The first kappa shape index (κ1) is 17.4. The van der Waals surface area contributed by atoms with Crippen LogP contribution in [0.4, 0.5) is 13.2 Å². The number of hydrazone groups is 1. The molecule has 0 saturated carbocycles. The van der Waals surface area contributed by atoms with Crippen molar-refractivity contribution in [1.82, 2.24) is 5.43 Å². The molecule has 2 aromatic carbocycles. The number of hydrogen-bond donors (Lipinski definition) is 1. The van der Waals surface area contributed by atoms with Crippen molar-refractivity contribution in [3.05, 3.63) is 69.6 Å². The average molecular weight is 383 g/mol. The molecule has 3 rings (SSSR count). The Hall–Kier alpha value is -2.38. The summed E-state index contributed by atoms with van der Waals surface area (Å²) >= 11 is 7.37. The maximum atomic E-state index is 12.9. The van der Waals surface area contributed by atoms with Gasteiger partial charge in [-0.1, -0.05) is 48.0 Å². The van der Waals surface area contributed by atoms with Crippen LogP contribution >= 0.6 is 22.9 Å². The Morgan fingerprint density at radius 2 is 1.80 bits per heavy atom. The number of benzene rings is 2. The van der Waals surface area contributed by atoms with Crippen LogP contribution in [-0.2, 0) is 6.18 Å². The predicted molar refractivity (Wildman–Crippen MR) is 93.3 cm³/mol. The van der Waals surface area contributed by atoms with Gasteiger partial charge < -0.3 is 0 Å². The van der Waals surface area contributed by atoms with Crippen LogP contribution in [0.3, 0.4) is 0 Å². The lowest BCUT2D eigenvalue weighted by Crippen LogP contribution is -2.17. The molecule has 128 valence electrons. The van der Waals surface area contributed by atoms with Gasteiger partial charge in [0.2, 0.25) is 0 Å². The quantitative estimate of drug-likeness (QED) is 0.482. The van der Waals surface area contributed by atoms with Crippen LogP contribution in [0.2, 0.25) is 5.02 Å². The molecule has 1 heterocycles. The van der Waals surface area contributed by atoms with Crippen molar-refractivity contribution in [3.63, 3.8) is 0 Å². The fraction of sp³-hybridized carbons (Fsp3) is 0.0588. The number of rotatable bonds is 3. The monoisotopic (exact) mass is 382 g/mol. The van der Waals surface area contributed by atoms with Crippen LogP contribution in [-0.4, -0.2) is 12.1 Å². The lowest BCUT2D eigenvalue weighted by Gasteiger charge is -2.09. The number of alkyl halides is 3. The first-order valence-corrected chi connectivity index (χ1v) is 8.24. The molecule has 0 atom stereocenters. The van der Waals surface area contributed by atoms with E-state index in [1.54, 1.807) is 12.1 Å². The number of amides is 1. The van der Waals surface area contributed by atoms with Crippen molar-refractivity contribution in [2.75, 3.05) is 0 Å². The van der Waals surface area contributed by atoms with Crippen molar-refractivity contribution in [1.29, 1.82) is 0 Å². The SMILES string of the molecule is O=C(NN=Cc1ccccc1C(F)(F)F)c1sc2ccccc2c1Cl. The standard InChI is InChI=1S/C17H10ClF3N2OS/c18-14-11-6-2-4-8-13(11)25-15(14)16(24)23-22-9-10-5-1-3-7-12(10)17(19,20)21/h1-9H,(H,23,24). The van der Waals surface area contributed by atoms with Crippen LogP contribution < -0.4 is 5.43 Å². The molecule has 0 aliphatic heterocycles. The highest BCUT2D eigenvalue weighted by Crippen LogP contribution is 2.35. The largest absolute Gasteiger partial charge is 0.417 e. The minimum Gasteiger partial charge on any atom is -0.266 e. The minimum atomic E-state index is -4.50. The summed E-state index contributed by atoms with van der Waals surface area (Å²) in [6, 6.07) is 12.2. The Bertz CT molecular complexity index is 966. The molecule has 0 aliphatic rings. The normalized spacial score (nSPS) is 12.0. The fourth-order valence-electron chi connectivity index (χ4n) is 2.24. The molecule has 0 radical (unpaired) electrons. The van der Waals surface area contributed by atoms with E-state index in [2.05, 4.69) is 10.5 Å². The molecule has 0 bridgehead atoms.